The van der Waals surface area contributed by atoms with Crippen molar-refractivity contribution in [3.8, 4) is 0 Å². The lowest BCUT2D eigenvalue weighted by Gasteiger charge is -2.34. The van der Waals surface area contributed by atoms with Crippen LogP contribution < -0.4 is 5.32 Å². The van der Waals surface area contributed by atoms with Crippen molar-refractivity contribution in [1.82, 2.24) is 10.2 Å². The molecule has 0 radical (unpaired) electrons. The summed E-state index contributed by atoms with van der Waals surface area (Å²) in [7, 11) is 3.60. The molecule has 1 N–H and O–H groups in total. The van der Waals surface area contributed by atoms with E-state index in [-0.39, 0.29) is 0 Å². The fourth-order valence-electron chi connectivity index (χ4n) is 3.16. The van der Waals surface area contributed by atoms with Gasteiger partial charge in [0.1, 0.15) is 0 Å². The lowest BCUT2D eigenvalue weighted by atomic mass is 10.0. The second kappa shape index (κ2) is 11.1. The van der Waals surface area contributed by atoms with Gasteiger partial charge >= 0.3 is 0 Å². The van der Waals surface area contributed by atoms with E-state index in [2.05, 4.69) is 52.5 Å². The zero-order valence-electron chi connectivity index (χ0n) is 15.9. The van der Waals surface area contributed by atoms with Gasteiger partial charge < -0.3 is 19.7 Å². The summed E-state index contributed by atoms with van der Waals surface area (Å²) in [6.45, 7) is 6.69. The Morgan fingerprint density at radius 1 is 1.24 bits per heavy atom. The van der Waals surface area contributed by atoms with Crippen molar-refractivity contribution in [2.75, 3.05) is 47.0 Å². The number of piperidine rings is 1. The standard InChI is InChI=1S/C20H33N3O2/c1-17(18-8-5-4-6-9-18)16-22-20(21-2)23-12-10-19(11-13-23)25-15-7-14-24-3/h4-6,8-9,17,19H,7,10-16H2,1-3H3,(H,21,22). The molecule has 2 rings (SSSR count). The summed E-state index contributed by atoms with van der Waals surface area (Å²) in [6.07, 6.45) is 3.45. The normalized spacial score (nSPS) is 17.6. The number of ether oxygens (including phenoxy) is 2. The lowest BCUT2D eigenvalue weighted by molar-refractivity contribution is 0.00990. The van der Waals surface area contributed by atoms with Crippen molar-refractivity contribution >= 4 is 5.96 Å². The average Bonchev–Trinajstić information content (AvgIpc) is 2.67. The summed E-state index contributed by atoms with van der Waals surface area (Å²) < 4.78 is 11.0. The van der Waals surface area contributed by atoms with Gasteiger partial charge in [-0.2, -0.15) is 0 Å². The van der Waals surface area contributed by atoms with E-state index in [4.69, 9.17) is 9.47 Å². The van der Waals surface area contributed by atoms with Crippen LogP contribution in [0.1, 0.15) is 37.7 Å². The first-order valence-electron chi connectivity index (χ1n) is 9.35. The minimum atomic E-state index is 0.370. The van der Waals surface area contributed by atoms with Gasteiger partial charge in [-0.05, 0) is 30.7 Å². The van der Waals surface area contributed by atoms with Crippen molar-refractivity contribution < 1.29 is 9.47 Å². The summed E-state index contributed by atoms with van der Waals surface area (Å²) in [5.41, 5.74) is 1.36. The third kappa shape index (κ3) is 6.67. The van der Waals surface area contributed by atoms with E-state index in [0.717, 1.165) is 58.1 Å². The maximum Gasteiger partial charge on any atom is 0.193 e. The van der Waals surface area contributed by atoms with Gasteiger partial charge in [-0.3, -0.25) is 4.99 Å². The van der Waals surface area contributed by atoms with Crippen LogP contribution >= 0.6 is 0 Å². The Bertz CT molecular complexity index is 499. The topological polar surface area (TPSA) is 46.1 Å². The first-order chi connectivity index (χ1) is 12.2. The van der Waals surface area contributed by atoms with Crippen LogP contribution in [0.4, 0.5) is 0 Å². The van der Waals surface area contributed by atoms with Crippen LogP contribution in [0.3, 0.4) is 0 Å². The Morgan fingerprint density at radius 3 is 2.60 bits per heavy atom. The second-order valence-corrected chi connectivity index (χ2v) is 6.64. The van der Waals surface area contributed by atoms with Gasteiger partial charge in [0, 0.05) is 47.0 Å². The van der Waals surface area contributed by atoms with Crippen molar-refractivity contribution in [1.29, 1.82) is 0 Å². The van der Waals surface area contributed by atoms with E-state index in [1.165, 1.54) is 5.56 Å². The predicted molar refractivity (Wildman–Crippen MR) is 103 cm³/mol. The molecule has 140 valence electrons. The molecule has 0 aliphatic carbocycles. The highest BCUT2D eigenvalue weighted by Gasteiger charge is 2.22. The number of nitrogens with one attached hydrogen (secondary N) is 1. The minimum absolute atomic E-state index is 0.370. The van der Waals surface area contributed by atoms with Crippen LogP contribution in [-0.2, 0) is 9.47 Å². The minimum Gasteiger partial charge on any atom is -0.385 e. The molecule has 1 aliphatic heterocycles. The van der Waals surface area contributed by atoms with Crippen LogP contribution in [0.15, 0.2) is 35.3 Å². The first-order valence-corrected chi connectivity index (χ1v) is 9.35. The smallest absolute Gasteiger partial charge is 0.193 e. The number of nitrogens with zero attached hydrogens (tertiary/aromatic N) is 2. The molecule has 0 aromatic heterocycles. The summed E-state index contributed by atoms with van der Waals surface area (Å²) >= 11 is 0. The Morgan fingerprint density at radius 2 is 1.96 bits per heavy atom. The fourth-order valence-corrected chi connectivity index (χ4v) is 3.16. The molecule has 0 saturated carbocycles. The number of rotatable bonds is 8. The van der Waals surface area contributed by atoms with Crippen molar-refractivity contribution in [3.05, 3.63) is 35.9 Å². The molecule has 0 spiro atoms. The maximum atomic E-state index is 5.94. The van der Waals surface area contributed by atoms with Crippen molar-refractivity contribution in [2.45, 2.75) is 38.2 Å². The summed E-state index contributed by atoms with van der Waals surface area (Å²) in [5, 5.41) is 3.53. The molecule has 0 bridgehead atoms. The molecular formula is C20H33N3O2. The van der Waals surface area contributed by atoms with E-state index in [1.807, 2.05) is 7.05 Å². The molecule has 0 amide bonds. The third-order valence-corrected chi connectivity index (χ3v) is 4.73. The summed E-state index contributed by atoms with van der Waals surface area (Å²) in [6, 6.07) is 10.6. The number of benzene rings is 1. The van der Waals surface area contributed by atoms with E-state index < -0.39 is 0 Å². The van der Waals surface area contributed by atoms with Gasteiger partial charge in [-0.25, -0.2) is 0 Å². The molecular weight excluding hydrogens is 314 g/mol. The van der Waals surface area contributed by atoms with Gasteiger partial charge in [-0.1, -0.05) is 37.3 Å². The van der Waals surface area contributed by atoms with Crippen molar-refractivity contribution in [2.24, 2.45) is 4.99 Å². The Labute approximate surface area is 152 Å². The van der Waals surface area contributed by atoms with E-state index in [1.54, 1.807) is 7.11 Å². The lowest BCUT2D eigenvalue weighted by Crippen LogP contribution is -2.47. The third-order valence-electron chi connectivity index (χ3n) is 4.73. The maximum absolute atomic E-state index is 5.94. The SMILES string of the molecule is CN=C(NCC(C)c1ccccc1)N1CCC(OCCCOC)CC1. The Kier molecular flexibility index (Phi) is 8.77. The van der Waals surface area contributed by atoms with E-state index in [9.17, 15) is 0 Å². The largest absolute Gasteiger partial charge is 0.385 e. The van der Waals surface area contributed by atoms with Gasteiger partial charge in [0.15, 0.2) is 5.96 Å². The van der Waals surface area contributed by atoms with Gasteiger partial charge in [0.05, 0.1) is 6.10 Å². The van der Waals surface area contributed by atoms with Gasteiger partial charge in [-0.15, -0.1) is 0 Å². The first kappa shape index (κ1) is 19.7. The highest BCUT2D eigenvalue weighted by molar-refractivity contribution is 5.80. The zero-order valence-corrected chi connectivity index (χ0v) is 15.9. The van der Waals surface area contributed by atoms with Gasteiger partial charge in [0.25, 0.3) is 0 Å². The molecule has 1 fully saturated rings. The number of guanidine groups is 1. The molecule has 1 atom stereocenters. The Balaban J connectivity index is 1.71. The molecule has 1 aromatic rings. The fraction of sp³-hybridized carbons (Fsp3) is 0.650. The molecule has 1 heterocycles. The molecule has 25 heavy (non-hydrogen) atoms. The van der Waals surface area contributed by atoms with Crippen molar-refractivity contribution in [3.63, 3.8) is 0 Å². The monoisotopic (exact) mass is 347 g/mol. The van der Waals surface area contributed by atoms with E-state index >= 15 is 0 Å². The van der Waals surface area contributed by atoms with Crippen LogP contribution in [0.25, 0.3) is 0 Å². The average molecular weight is 348 g/mol. The number of likely N-dealkylation sites (tertiary alicyclic amines) is 1. The zero-order chi connectivity index (χ0) is 17.9. The Hall–Kier alpha value is -1.59. The number of hydrogen-bond acceptors (Lipinski definition) is 3. The van der Waals surface area contributed by atoms with Crippen LogP contribution in [-0.4, -0.2) is 64.0 Å². The summed E-state index contributed by atoms with van der Waals surface area (Å²) in [4.78, 5) is 6.80. The van der Waals surface area contributed by atoms with Crippen LogP contribution in [0.2, 0.25) is 0 Å². The molecule has 5 nitrogen and oxygen atoms in total. The molecule has 1 aliphatic rings. The molecule has 1 aromatic carbocycles. The quantitative estimate of drug-likeness (QED) is 0.446. The van der Waals surface area contributed by atoms with E-state index in [0.29, 0.717) is 12.0 Å². The number of aliphatic imine (C=N–C) groups is 1. The molecule has 1 unspecified atom stereocenters. The second-order valence-electron chi connectivity index (χ2n) is 6.64. The number of hydrogen-bond donors (Lipinski definition) is 1. The van der Waals surface area contributed by atoms with Crippen LogP contribution in [0.5, 0.6) is 0 Å². The van der Waals surface area contributed by atoms with Gasteiger partial charge in [0.2, 0.25) is 0 Å². The predicted octanol–water partition coefficient (Wildman–Crippen LogP) is 2.88. The molecule has 1 saturated heterocycles. The highest BCUT2D eigenvalue weighted by atomic mass is 16.5. The summed E-state index contributed by atoms with van der Waals surface area (Å²) in [5.74, 6) is 1.46. The van der Waals surface area contributed by atoms with Crippen LogP contribution in [0, 0.1) is 0 Å². The highest BCUT2D eigenvalue weighted by Crippen LogP contribution is 2.16. The number of methoxy groups -OCH3 is 1. The molecule has 5 heteroatoms.